The minimum absolute atomic E-state index is 0.0731. The van der Waals surface area contributed by atoms with Crippen LogP contribution in [0.1, 0.15) is 29.9 Å². The fourth-order valence-corrected chi connectivity index (χ4v) is 4.94. The number of benzene rings is 2. The van der Waals surface area contributed by atoms with E-state index < -0.39 is 19.9 Å². The highest BCUT2D eigenvalue weighted by molar-refractivity contribution is 7.90. The fourth-order valence-electron chi connectivity index (χ4n) is 3.23. The van der Waals surface area contributed by atoms with Gasteiger partial charge in [-0.05, 0) is 60.6 Å². The molecule has 0 amide bonds. The Kier molecular flexibility index (Phi) is 4.99. The van der Waals surface area contributed by atoms with Gasteiger partial charge in [-0.15, -0.1) is 0 Å². The molecule has 1 N–H and O–H groups in total. The van der Waals surface area contributed by atoms with Crippen molar-refractivity contribution in [2.24, 2.45) is 0 Å². The van der Waals surface area contributed by atoms with E-state index in [-0.39, 0.29) is 15.7 Å². The molecule has 5 nitrogen and oxygen atoms in total. The molecule has 1 aliphatic rings. The van der Waals surface area contributed by atoms with E-state index in [2.05, 4.69) is 16.9 Å². The van der Waals surface area contributed by atoms with Gasteiger partial charge in [-0.2, -0.15) is 0 Å². The van der Waals surface area contributed by atoms with Gasteiger partial charge in [-0.3, -0.25) is 0 Å². The molecule has 134 valence electrons. The van der Waals surface area contributed by atoms with Crippen molar-refractivity contribution in [2.75, 3.05) is 12.8 Å². The van der Waals surface area contributed by atoms with Gasteiger partial charge in [0.1, 0.15) is 0 Å². The summed E-state index contributed by atoms with van der Waals surface area (Å²) >= 11 is 0. The maximum absolute atomic E-state index is 12.5. The van der Waals surface area contributed by atoms with Crippen LogP contribution in [0.5, 0.6) is 0 Å². The highest BCUT2D eigenvalue weighted by atomic mass is 32.2. The van der Waals surface area contributed by atoms with Crippen LogP contribution in [0, 0.1) is 0 Å². The van der Waals surface area contributed by atoms with Crippen molar-refractivity contribution in [1.29, 1.82) is 0 Å². The highest BCUT2D eigenvalue weighted by Gasteiger charge is 2.22. The van der Waals surface area contributed by atoms with Crippen LogP contribution in [0.2, 0.25) is 0 Å². The number of sulfonamides is 1. The molecule has 0 heterocycles. The number of aryl methyl sites for hydroxylation is 1. The van der Waals surface area contributed by atoms with Gasteiger partial charge in [0, 0.05) is 12.8 Å². The van der Waals surface area contributed by atoms with Crippen LogP contribution in [0.4, 0.5) is 0 Å². The normalized spacial score (nSPS) is 17.9. The summed E-state index contributed by atoms with van der Waals surface area (Å²) in [5.74, 6) is 0.162. The van der Waals surface area contributed by atoms with Crippen molar-refractivity contribution in [3.05, 3.63) is 59.7 Å². The van der Waals surface area contributed by atoms with E-state index in [1.807, 2.05) is 12.1 Å². The molecule has 2 aromatic carbocycles. The second kappa shape index (κ2) is 6.90. The summed E-state index contributed by atoms with van der Waals surface area (Å²) in [5, 5.41) is 0. The Bertz CT molecular complexity index is 964. The fraction of sp³-hybridized carbons (Fsp3) is 0.333. The van der Waals surface area contributed by atoms with Crippen LogP contribution >= 0.6 is 0 Å². The first-order chi connectivity index (χ1) is 11.8. The van der Waals surface area contributed by atoms with Gasteiger partial charge >= 0.3 is 0 Å². The summed E-state index contributed by atoms with van der Waals surface area (Å²) in [4.78, 5) is 0.177. The van der Waals surface area contributed by atoms with Gasteiger partial charge in [0.05, 0.1) is 9.79 Å². The van der Waals surface area contributed by atoms with Gasteiger partial charge in [0.15, 0.2) is 9.84 Å². The number of nitrogens with one attached hydrogen (secondary N) is 1. The average molecular weight is 380 g/mol. The molecule has 0 spiro atoms. The van der Waals surface area contributed by atoms with Crippen molar-refractivity contribution in [2.45, 2.75) is 35.0 Å². The molecule has 0 saturated heterocycles. The second-order valence-electron chi connectivity index (χ2n) is 6.38. The first-order valence-electron chi connectivity index (χ1n) is 8.15. The van der Waals surface area contributed by atoms with Crippen molar-refractivity contribution in [3.8, 4) is 0 Å². The van der Waals surface area contributed by atoms with Crippen LogP contribution in [0.15, 0.2) is 58.3 Å². The lowest BCUT2D eigenvalue weighted by Crippen LogP contribution is -2.30. The predicted octanol–water partition coefficient (Wildman–Crippen LogP) is 2.49. The smallest absolute Gasteiger partial charge is 0.224 e. The minimum atomic E-state index is -3.67. The third-order valence-electron chi connectivity index (χ3n) is 4.58. The summed E-state index contributed by atoms with van der Waals surface area (Å²) in [6, 6.07) is 13.4. The van der Waals surface area contributed by atoms with Crippen LogP contribution < -0.4 is 4.72 Å². The van der Waals surface area contributed by atoms with Gasteiger partial charge in [0.2, 0.25) is 10.0 Å². The zero-order valence-corrected chi connectivity index (χ0v) is 15.6. The van der Waals surface area contributed by atoms with Crippen LogP contribution in [-0.2, 0) is 26.3 Å². The Hall–Kier alpha value is -1.70. The molecule has 3 rings (SSSR count). The van der Waals surface area contributed by atoms with Gasteiger partial charge < -0.3 is 0 Å². The molecule has 0 fully saturated rings. The summed E-state index contributed by atoms with van der Waals surface area (Å²) < 4.78 is 50.6. The lowest BCUT2D eigenvalue weighted by Gasteiger charge is -2.25. The lowest BCUT2D eigenvalue weighted by molar-refractivity contribution is 0.529. The van der Waals surface area contributed by atoms with Crippen molar-refractivity contribution in [1.82, 2.24) is 4.72 Å². The first kappa shape index (κ1) is 18.1. The quantitative estimate of drug-likeness (QED) is 0.865. The van der Waals surface area contributed by atoms with E-state index in [4.69, 9.17) is 0 Å². The van der Waals surface area contributed by atoms with Crippen LogP contribution in [-0.4, -0.2) is 29.6 Å². The minimum Gasteiger partial charge on any atom is -0.224 e. The van der Waals surface area contributed by atoms with Crippen molar-refractivity contribution in [3.63, 3.8) is 0 Å². The highest BCUT2D eigenvalue weighted by Crippen LogP contribution is 2.31. The molecule has 25 heavy (non-hydrogen) atoms. The molecule has 1 aliphatic carbocycles. The third kappa shape index (κ3) is 4.11. The van der Waals surface area contributed by atoms with E-state index in [9.17, 15) is 16.8 Å². The van der Waals surface area contributed by atoms with Gasteiger partial charge in [-0.25, -0.2) is 21.6 Å². The monoisotopic (exact) mass is 379 g/mol. The van der Waals surface area contributed by atoms with Crippen LogP contribution in [0.3, 0.4) is 0 Å². The zero-order chi connectivity index (χ0) is 18.1. The van der Waals surface area contributed by atoms with E-state index in [0.29, 0.717) is 6.54 Å². The average Bonchev–Trinajstić information content (AvgIpc) is 2.59. The van der Waals surface area contributed by atoms with Crippen molar-refractivity contribution >= 4 is 19.9 Å². The Morgan fingerprint density at radius 1 is 0.960 bits per heavy atom. The van der Waals surface area contributed by atoms with Gasteiger partial charge in [-0.1, -0.05) is 24.3 Å². The molecule has 0 radical (unpaired) electrons. The van der Waals surface area contributed by atoms with E-state index in [1.54, 1.807) is 0 Å². The number of sulfone groups is 1. The molecule has 0 bridgehead atoms. The topological polar surface area (TPSA) is 80.3 Å². The summed E-state index contributed by atoms with van der Waals surface area (Å²) in [6.45, 7) is 0.340. The Morgan fingerprint density at radius 2 is 1.60 bits per heavy atom. The summed E-state index contributed by atoms with van der Waals surface area (Å²) in [6.07, 6.45) is 4.13. The molecule has 0 saturated carbocycles. The zero-order valence-electron chi connectivity index (χ0n) is 14.0. The molecule has 0 aliphatic heterocycles. The van der Waals surface area contributed by atoms with Gasteiger partial charge in [0.25, 0.3) is 0 Å². The molecular formula is C18H21NO4S2. The number of fused-ring (bicyclic) bond motifs is 1. The standard InChI is InChI=1S/C18H21NO4S2/c1-24(20,21)16-9-11-17(12-10-16)25(22,23)19-13-15-7-4-6-14-5-2-3-8-18(14)15/h2-3,5,8-12,15,19H,4,6-7,13H2,1H3/t15-/m0/s1. The number of rotatable bonds is 5. The second-order valence-corrected chi connectivity index (χ2v) is 10.2. The first-order valence-corrected chi connectivity index (χ1v) is 11.5. The predicted molar refractivity (Wildman–Crippen MR) is 96.9 cm³/mol. The third-order valence-corrected chi connectivity index (χ3v) is 7.14. The summed E-state index contributed by atoms with van der Waals surface area (Å²) in [5.41, 5.74) is 2.50. The molecule has 7 heteroatoms. The Morgan fingerprint density at radius 3 is 2.28 bits per heavy atom. The van der Waals surface area contributed by atoms with E-state index in [1.165, 1.54) is 35.4 Å². The number of hydrogen-bond acceptors (Lipinski definition) is 4. The van der Waals surface area contributed by atoms with Crippen LogP contribution in [0.25, 0.3) is 0 Å². The molecule has 2 aromatic rings. The van der Waals surface area contributed by atoms with Crippen molar-refractivity contribution < 1.29 is 16.8 Å². The van der Waals surface area contributed by atoms with E-state index >= 15 is 0 Å². The maximum atomic E-state index is 12.5. The molecule has 0 aromatic heterocycles. The number of hydrogen-bond donors (Lipinski definition) is 1. The molecule has 0 unspecified atom stereocenters. The Labute approximate surface area is 149 Å². The maximum Gasteiger partial charge on any atom is 0.240 e. The SMILES string of the molecule is CS(=O)(=O)c1ccc(S(=O)(=O)NC[C@@H]2CCCc3ccccc32)cc1. The lowest BCUT2D eigenvalue weighted by atomic mass is 9.83. The van der Waals surface area contributed by atoms with E-state index in [0.717, 1.165) is 25.5 Å². The molecular weight excluding hydrogens is 358 g/mol. The Balaban J connectivity index is 1.75. The molecule has 1 atom stereocenters. The largest absolute Gasteiger partial charge is 0.240 e. The summed E-state index contributed by atoms with van der Waals surface area (Å²) in [7, 11) is -7.01.